The van der Waals surface area contributed by atoms with Crippen LogP contribution in [0.3, 0.4) is 0 Å². The van der Waals surface area contributed by atoms with Crippen molar-refractivity contribution in [1.29, 1.82) is 0 Å². The number of carbonyl (C=O) groups excluding carboxylic acids is 3. The Balaban J connectivity index is 1.65. The number of rotatable bonds is 9. The Bertz CT molecular complexity index is 1140. The summed E-state index contributed by atoms with van der Waals surface area (Å²) < 4.78 is 25.4. The number of sulfonamides is 1. The molecule has 2 aromatic rings. The van der Waals surface area contributed by atoms with Crippen molar-refractivity contribution in [3.63, 3.8) is 0 Å². The lowest BCUT2D eigenvalue weighted by Crippen LogP contribution is -2.45. The lowest BCUT2D eigenvalue weighted by molar-refractivity contribution is -0.119. The first kappa shape index (κ1) is 25.6. The van der Waals surface area contributed by atoms with Crippen LogP contribution < -0.4 is 20.3 Å². The van der Waals surface area contributed by atoms with Gasteiger partial charge in [0, 0.05) is 43.4 Å². The van der Waals surface area contributed by atoms with Crippen molar-refractivity contribution in [2.24, 2.45) is 0 Å². The average Bonchev–Trinajstić information content (AvgIpc) is 2.79. The van der Waals surface area contributed by atoms with Gasteiger partial charge in [-0.15, -0.1) is 0 Å². The molecule has 0 aliphatic carbocycles. The fourth-order valence-corrected chi connectivity index (χ4v) is 4.05. The highest BCUT2D eigenvalue weighted by Crippen LogP contribution is 2.21. The number of aromatic nitrogens is 1. The molecule has 1 aromatic carbocycles. The van der Waals surface area contributed by atoms with E-state index in [1.165, 1.54) is 12.3 Å². The maximum atomic E-state index is 12.8. The van der Waals surface area contributed by atoms with Crippen molar-refractivity contribution in [3.05, 3.63) is 53.2 Å². The van der Waals surface area contributed by atoms with E-state index in [2.05, 4.69) is 20.3 Å². The minimum Gasteiger partial charge on any atom is -0.347 e. The summed E-state index contributed by atoms with van der Waals surface area (Å²) in [4.78, 5) is 43.0. The highest BCUT2D eigenvalue weighted by Gasteiger charge is 2.22. The molecule has 1 aliphatic heterocycles. The van der Waals surface area contributed by atoms with Crippen LogP contribution in [0.1, 0.15) is 36.0 Å². The molecule has 1 aromatic heterocycles. The van der Waals surface area contributed by atoms with E-state index in [0.29, 0.717) is 29.2 Å². The highest BCUT2D eigenvalue weighted by molar-refractivity contribution is 7.88. The first-order chi connectivity index (χ1) is 16.1. The third-order valence-corrected chi connectivity index (χ3v) is 6.03. The predicted molar refractivity (Wildman–Crippen MR) is 129 cm³/mol. The quantitative estimate of drug-likeness (QED) is 0.474. The molecule has 0 saturated carbocycles. The van der Waals surface area contributed by atoms with Gasteiger partial charge in [0.1, 0.15) is 5.82 Å². The van der Waals surface area contributed by atoms with Crippen LogP contribution >= 0.6 is 11.6 Å². The third kappa shape index (κ3) is 7.79. The summed E-state index contributed by atoms with van der Waals surface area (Å²) >= 11 is 5.79. The molecule has 34 heavy (non-hydrogen) atoms. The van der Waals surface area contributed by atoms with Gasteiger partial charge in [-0.2, -0.15) is 0 Å². The monoisotopic (exact) mass is 507 g/mol. The van der Waals surface area contributed by atoms with Gasteiger partial charge < -0.3 is 15.5 Å². The lowest BCUT2D eigenvalue weighted by Gasteiger charge is -2.27. The topological polar surface area (TPSA) is 138 Å². The maximum Gasteiger partial charge on any atom is 0.251 e. The van der Waals surface area contributed by atoms with Gasteiger partial charge in [0.15, 0.2) is 0 Å². The van der Waals surface area contributed by atoms with Gasteiger partial charge in [0.05, 0.1) is 17.3 Å². The minimum absolute atomic E-state index is 0.0524. The van der Waals surface area contributed by atoms with Crippen molar-refractivity contribution in [2.45, 2.75) is 31.7 Å². The van der Waals surface area contributed by atoms with E-state index < -0.39 is 27.9 Å². The number of anilines is 2. The molecular formula is C22H26ClN5O5S. The average molecular weight is 508 g/mol. The SMILES string of the molecule is CS(=O)(=O)NCC(CC(=O)Nc1ccc(Cl)cn1)NC(=O)c1ccc(N2CCCCC2=O)cc1. The zero-order valence-electron chi connectivity index (χ0n) is 18.6. The van der Waals surface area contributed by atoms with Crippen LogP contribution in [0.25, 0.3) is 0 Å². The van der Waals surface area contributed by atoms with Crippen LogP contribution in [0.2, 0.25) is 5.02 Å². The number of carbonyl (C=O) groups is 3. The molecule has 1 unspecified atom stereocenters. The second kappa shape index (κ2) is 11.4. The molecule has 12 heteroatoms. The third-order valence-electron chi connectivity index (χ3n) is 5.12. The Kier molecular flexibility index (Phi) is 8.59. The summed E-state index contributed by atoms with van der Waals surface area (Å²) in [7, 11) is -3.54. The summed E-state index contributed by atoms with van der Waals surface area (Å²) in [6, 6.07) is 8.84. The zero-order valence-corrected chi connectivity index (χ0v) is 20.2. The number of hydrogen-bond donors (Lipinski definition) is 3. The number of pyridine rings is 1. The number of hydrogen-bond acceptors (Lipinski definition) is 6. The fraction of sp³-hybridized carbons (Fsp3) is 0.364. The molecule has 10 nitrogen and oxygen atoms in total. The van der Waals surface area contributed by atoms with Gasteiger partial charge in [0.2, 0.25) is 21.8 Å². The molecule has 3 rings (SSSR count). The van der Waals surface area contributed by atoms with E-state index in [9.17, 15) is 22.8 Å². The lowest BCUT2D eigenvalue weighted by atomic mass is 10.1. The molecule has 3 N–H and O–H groups in total. The van der Waals surface area contributed by atoms with E-state index in [0.717, 1.165) is 19.1 Å². The second-order valence-electron chi connectivity index (χ2n) is 7.95. The van der Waals surface area contributed by atoms with E-state index in [4.69, 9.17) is 11.6 Å². The van der Waals surface area contributed by atoms with Crippen LogP contribution in [0.15, 0.2) is 42.6 Å². The molecular weight excluding hydrogens is 482 g/mol. The normalized spacial score (nSPS) is 15.0. The van der Waals surface area contributed by atoms with Gasteiger partial charge in [-0.05, 0) is 49.2 Å². The minimum atomic E-state index is -3.54. The summed E-state index contributed by atoms with van der Waals surface area (Å²) in [5.41, 5.74) is 1.03. The number of amides is 3. The molecule has 2 heterocycles. The number of benzene rings is 1. The van der Waals surface area contributed by atoms with Crippen LogP contribution in [0.5, 0.6) is 0 Å². The highest BCUT2D eigenvalue weighted by atomic mass is 35.5. The van der Waals surface area contributed by atoms with Gasteiger partial charge in [0.25, 0.3) is 5.91 Å². The summed E-state index contributed by atoms with van der Waals surface area (Å²) in [5, 5.41) is 5.69. The van der Waals surface area contributed by atoms with E-state index in [-0.39, 0.29) is 24.7 Å². The van der Waals surface area contributed by atoms with Crippen LogP contribution in [0.4, 0.5) is 11.5 Å². The van der Waals surface area contributed by atoms with E-state index in [1.54, 1.807) is 35.2 Å². The maximum absolute atomic E-state index is 12.8. The van der Waals surface area contributed by atoms with Crippen molar-refractivity contribution in [2.75, 3.05) is 29.6 Å². The van der Waals surface area contributed by atoms with Crippen molar-refractivity contribution in [1.82, 2.24) is 15.0 Å². The molecule has 0 spiro atoms. The summed E-state index contributed by atoms with van der Waals surface area (Å²) in [6.45, 7) is 0.466. The summed E-state index contributed by atoms with van der Waals surface area (Å²) in [6.07, 6.45) is 4.48. The van der Waals surface area contributed by atoms with E-state index >= 15 is 0 Å². The number of nitrogens with one attached hydrogen (secondary N) is 3. The second-order valence-corrected chi connectivity index (χ2v) is 10.2. The van der Waals surface area contributed by atoms with Crippen LogP contribution in [-0.4, -0.2) is 56.5 Å². The largest absolute Gasteiger partial charge is 0.347 e. The fourth-order valence-electron chi connectivity index (χ4n) is 3.43. The van der Waals surface area contributed by atoms with Gasteiger partial charge in [-0.3, -0.25) is 14.4 Å². The number of nitrogens with zero attached hydrogens (tertiary/aromatic N) is 2. The van der Waals surface area contributed by atoms with Crippen molar-refractivity contribution in [3.8, 4) is 0 Å². The summed E-state index contributed by atoms with van der Waals surface area (Å²) in [5.74, 6) is -0.612. The number of halogens is 1. The van der Waals surface area contributed by atoms with Crippen LogP contribution in [-0.2, 0) is 19.6 Å². The Hall–Kier alpha value is -3.02. The number of piperidine rings is 1. The Morgan fingerprint density at radius 1 is 1.15 bits per heavy atom. The molecule has 0 radical (unpaired) electrons. The molecule has 1 atom stereocenters. The van der Waals surface area contributed by atoms with E-state index in [1.807, 2.05) is 0 Å². The van der Waals surface area contributed by atoms with Gasteiger partial charge in [-0.1, -0.05) is 11.6 Å². The van der Waals surface area contributed by atoms with Crippen LogP contribution in [0, 0.1) is 0 Å². The van der Waals surface area contributed by atoms with Crippen molar-refractivity contribution >= 4 is 50.9 Å². The molecule has 182 valence electrons. The molecule has 1 fully saturated rings. The van der Waals surface area contributed by atoms with Gasteiger partial charge >= 0.3 is 0 Å². The smallest absolute Gasteiger partial charge is 0.251 e. The standard InChI is InChI=1S/C22H26ClN5O5S/c1-34(32,33)25-14-17(12-20(29)27-19-10-7-16(23)13-24-19)26-22(31)15-5-8-18(9-6-15)28-11-3-2-4-21(28)30/h5-10,13,17,25H,2-4,11-12,14H2,1H3,(H,26,31)(H,24,27,29). The molecule has 1 aliphatic rings. The first-order valence-electron chi connectivity index (χ1n) is 10.7. The Morgan fingerprint density at radius 3 is 2.50 bits per heavy atom. The predicted octanol–water partition coefficient (Wildman–Crippen LogP) is 1.93. The first-order valence-corrected chi connectivity index (χ1v) is 12.9. The van der Waals surface area contributed by atoms with Crippen molar-refractivity contribution < 1.29 is 22.8 Å². The molecule has 0 bridgehead atoms. The Labute approximate surface area is 203 Å². The van der Waals surface area contributed by atoms with Gasteiger partial charge in [-0.25, -0.2) is 18.1 Å². The molecule has 3 amide bonds. The Morgan fingerprint density at radius 2 is 1.88 bits per heavy atom. The zero-order chi connectivity index (χ0) is 24.7. The molecule has 1 saturated heterocycles.